The van der Waals surface area contributed by atoms with E-state index in [2.05, 4.69) is 16.9 Å². The quantitative estimate of drug-likeness (QED) is 0.852. The third-order valence-electron chi connectivity index (χ3n) is 2.52. The van der Waals surface area contributed by atoms with Gasteiger partial charge >= 0.3 is 0 Å². The number of nitrogens with zero attached hydrogens (tertiary/aromatic N) is 2. The SMILES string of the molecule is CCCN(C)c1nc2ccccc2c(=O)[nH]1. The number of hydrogen-bond donors (Lipinski definition) is 1. The van der Waals surface area contributed by atoms with Crippen molar-refractivity contribution < 1.29 is 0 Å². The van der Waals surface area contributed by atoms with Gasteiger partial charge in [-0.1, -0.05) is 19.1 Å². The third-order valence-corrected chi connectivity index (χ3v) is 2.52. The molecule has 0 saturated heterocycles. The fourth-order valence-electron chi connectivity index (χ4n) is 1.70. The van der Waals surface area contributed by atoms with E-state index >= 15 is 0 Å². The summed E-state index contributed by atoms with van der Waals surface area (Å²) in [6, 6.07) is 7.37. The van der Waals surface area contributed by atoms with E-state index in [4.69, 9.17) is 0 Å². The van der Waals surface area contributed by atoms with Gasteiger partial charge in [-0.25, -0.2) is 4.98 Å². The van der Waals surface area contributed by atoms with Gasteiger partial charge in [0.2, 0.25) is 5.95 Å². The average Bonchev–Trinajstić information content (AvgIpc) is 2.29. The average molecular weight is 217 g/mol. The number of hydrogen-bond acceptors (Lipinski definition) is 3. The maximum atomic E-state index is 11.8. The standard InChI is InChI=1S/C12H15N3O/c1-3-8-15(2)12-13-10-7-5-4-6-9(10)11(16)14-12/h4-7H,3,8H2,1-2H3,(H,13,14,16). The van der Waals surface area contributed by atoms with Gasteiger partial charge < -0.3 is 4.90 Å². The van der Waals surface area contributed by atoms with Crippen molar-refractivity contribution in [1.82, 2.24) is 9.97 Å². The van der Waals surface area contributed by atoms with Crippen LogP contribution in [0.1, 0.15) is 13.3 Å². The van der Waals surface area contributed by atoms with Crippen LogP contribution in [-0.2, 0) is 0 Å². The van der Waals surface area contributed by atoms with Crippen molar-refractivity contribution in [2.45, 2.75) is 13.3 Å². The van der Waals surface area contributed by atoms with Crippen LogP contribution >= 0.6 is 0 Å². The summed E-state index contributed by atoms with van der Waals surface area (Å²) in [7, 11) is 1.93. The summed E-state index contributed by atoms with van der Waals surface area (Å²) >= 11 is 0. The highest BCUT2D eigenvalue weighted by molar-refractivity contribution is 5.78. The van der Waals surface area contributed by atoms with E-state index in [1.54, 1.807) is 6.07 Å². The molecule has 84 valence electrons. The van der Waals surface area contributed by atoms with Gasteiger partial charge in [-0.15, -0.1) is 0 Å². The van der Waals surface area contributed by atoms with Crippen LogP contribution in [0.25, 0.3) is 10.9 Å². The minimum absolute atomic E-state index is 0.0800. The van der Waals surface area contributed by atoms with Gasteiger partial charge in [-0.2, -0.15) is 0 Å². The Morgan fingerprint density at radius 3 is 2.88 bits per heavy atom. The number of anilines is 1. The fraction of sp³-hybridized carbons (Fsp3) is 0.333. The molecule has 0 bridgehead atoms. The summed E-state index contributed by atoms with van der Waals surface area (Å²) in [6.07, 6.45) is 1.02. The molecule has 0 radical (unpaired) electrons. The lowest BCUT2D eigenvalue weighted by atomic mass is 10.2. The molecule has 4 heteroatoms. The van der Waals surface area contributed by atoms with E-state index in [1.807, 2.05) is 30.1 Å². The Balaban J connectivity index is 2.54. The Hall–Kier alpha value is -1.84. The van der Waals surface area contributed by atoms with Crippen LogP contribution in [-0.4, -0.2) is 23.6 Å². The largest absolute Gasteiger partial charge is 0.345 e. The molecule has 1 aromatic carbocycles. The summed E-state index contributed by atoms with van der Waals surface area (Å²) in [5, 5.41) is 0.635. The second-order valence-electron chi connectivity index (χ2n) is 3.83. The van der Waals surface area contributed by atoms with Crippen molar-refractivity contribution in [3.05, 3.63) is 34.6 Å². The highest BCUT2D eigenvalue weighted by Crippen LogP contribution is 2.10. The molecule has 2 rings (SSSR count). The molecule has 4 nitrogen and oxygen atoms in total. The predicted molar refractivity (Wildman–Crippen MR) is 65.9 cm³/mol. The predicted octanol–water partition coefficient (Wildman–Crippen LogP) is 1.77. The zero-order chi connectivity index (χ0) is 11.5. The molecule has 0 aliphatic heterocycles. The molecule has 0 aliphatic carbocycles. The number of para-hydroxylation sites is 1. The Bertz CT molecular complexity index is 547. The minimum atomic E-state index is -0.0800. The molecule has 1 N–H and O–H groups in total. The minimum Gasteiger partial charge on any atom is -0.345 e. The van der Waals surface area contributed by atoms with E-state index in [0.717, 1.165) is 18.5 Å². The highest BCUT2D eigenvalue weighted by atomic mass is 16.1. The molecular weight excluding hydrogens is 202 g/mol. The van der Waals surface area contributed by atoms with Gasteiger partial charge in [0.1, 0.15) is 0 Å². The summed E-state index contributed by atoms with van der Waals surface area (Å²) in [4.78, 5) is 21.0. The topological polar surface area (TPSA) is 49.0 Å². The summed E-state index contributed by atoms with van der Waals surface area (Å²) in [6.45, 7) is 2.97. The zero-order valence-electron chi connectivity index (χ0n) is 9.53. The van der Waals surface area contributed by atoms with Gasteiger partial charge in [0.15, 0.2) is 0 Å². The normalized spacial score (nSPS) is 10.6. The molecule has 0 spiro atoms. The van der Waals surface area contributed by atoms with Crippen LogP contribution in [0.4, 0.5) is 5.95 Å². The van der Waals surface area contributed by atoms with Crippen LogP contribution in [0.3, 0.4) is 0 Å². The molecule has 0 atom stereocenters. The zero-order valence-corrected chi connectivity index (χ0v) is 9.53. The molecule has 1 aromatic heterocycles. The van der Waals surface area contributed by atoms with Gasteiger partial charge in [0, 0.05) is 13.6 Å². The summed E-state index contributed by atoms with van der Waals surface area (Å²) < 4.78 is 0. The van der Waals surface area contributed by atoms with Gasteiger partial charge in [0.05, 0.1) is 10.9 Å². The molecule has 0 amide bonds. The molecule has 2 aromatic rings. The lowest BCUT2D eigenvalue weighted by Gasteiger charge is -2.16. The number of rotatable bonds is 3. The molecular formula is C12H15N3O. The van der Waals surface area contributed by atoms with Crippen LogP contribution in [0, 0.1) is 0 Å². The van der Waals surface area contributed by atoms with E-state index in [0.29, 0.717) is 11.3 Å². The lowest BCUT2D eigenvalue weighted by Crippen LogP contribution is -2.23. The molecule has 1 heterocycles. The molecule has 0 fully saturated rings. The summed E-state index contributed by atoms with van der Waals surface area (Å²) in [5.74, 6) is 0.630. The van der Waals surface area contributed by atoms with Crippen molar-refractivity contribution in [3.63, 3.8) is 0 Å². The van der Waals surface area contributed by atoms with Crippen molar-refractivity contribution >= 4 is 16.9 Å². The number of aromatic amines is 1. The van der Waals surface area contributed by atoms with Crippen molar-refractivity contribution in [1.29, 1.82) is 0 Å². The van der Waals surface area contributed by atoms with Crippen molar-refractivity contribution in [2.75, 3.05) is 18.5 Å². The van der Waals surface area contributed by atoms with Gasteiger partial charge in [0.25, 0.3) is 5.56 Å². The van der Waals surface area contributed by atoms with Crippen LogP contribution < -0.4 is 10.5 Å². The molecule has 0 aliphatic rings. The number of H-pyrrole nitrogens is 1. The van der Waals surface area contributed by atoms with E-state index in [9.17, 15) is 4.79 Å². The van der Waals surface area contributed by atoms with Crippen LogP contribution in [0.2, 0.25) is 0 Å². The van der Waals surface area contributed by atoms with Crippen LogP contribution in [0.15, 0.2) is 29.1 Å². The Kier molecular flexibility index (Phi) is 2.90. The third kappa shape index (κ3) is 1.91. The Labute approximate surface area is 93.9 Å². The van der Waals surface area contributed by atoms with Gasteiger partial charge in [-0.05, 0) is 18.6 Å². The summed E-state index contributed by atoms with van der Waals surface area (Å²) in [5.41, 5.74) is 0.660. The second kappa shape index (κ2) is 4.35. The number of fused-ring (bicyclic) bond motifs is 1. The lowest BCUT2D eigenvalue weighted by molar-refractivity contribution is 0.820. The first kappa shape index (κ1) is 10.7. The molecule has 0 saturated carbocycles. The van der Waals surface area contributed by atoms with Crippen LogP contribution in [0.5, 0.6) is 0 Å². The Morgan fingerprint density at radius 1 is 1.38 bits per heavy atom. The highest BCUT2D eigenvalue weighted by Gasteiger charge is 2.05. The van der Waals surface area contributed by atoms with Crippen molar-refractivity contribution in [3.8, 4) is 0 Å². The number of nitrogens with one attached hydrogen (secondary N) is 1. The monoisotopic (exact) mass is 217 g/mol. The maximum absolute atomic E-state index is 11.8. The van der Waals surface area contributed by atoms with E-state index in [1.165, 1.54) is 0 Å². The van der Waals surface area contributed by atoms with Crippen molar-refractivity contribution in [2.24, 2.45) is 0 Å². The smallest absolute Gasteiger partial charge is 0.260 e. The van der Waals surface area contributed by atoms with E-state index in [-0.39, 0.29) is 5.56 Å². The first-order valence-corrected chi connectivity index (χ1v) is 5.42. The second-order valence-corrected chi connectivity index (χ2v) is 3.83. The Morgan fingerprint density at radius 2 is 2.12 bits per heavy atom. The first-order chi connectivity index (χ1) is 7.72. The fourth-order valence-corrected chi connectivity index (χ4v) is 1.70. The first-order valence-electron chi connectivity index (χ1n) is 5.42. The number of aromatic nitrogens is 2. The van der Waals surface area contributed by atoms with Gasteiger partial charge in [-0.3, -0.25) is 9.78 Å². The van der Waals surface area contributed by atoms with E-state index < -0.39 is 0 Å². The molecule has 0 unspecified atom stereocenters. The number of benzene rings is 1. The maximum Gasteiger partial charge on any atom is 0.260 e. The molecule has 16 heavy (non-hydrogen) atoms.